The first-order chi connectivity index (χ1) is 10.3. The van der Waals surface area contributed by atoms with E-state index in [2.05, 4.69) is 47.3 Å². The molecule has 0 amide bonds. The standard InChI is InChI=1S/C18H18N2O/c1-3-12-20-17-7-5-4-6-16(17)19-18(20)13-21-15-10-8-14(2)9-11-15/h3-11H,1,12-13H2,2H3/p+1. The third-order valence-electron chi connectivity index (χ3n) is 3.51. The van der Waals surface area contributed by atoms with E-state index in [9.17, 15) is 0 Å². The van der Waals surface area contributed by atoms with Crippen molar-refractivity contribution in [3.8, 4) is 5.75 Å². The first-order valence-electron chi connectivity index (χ1n) is 7.08. The number of hydrogen-bond acceptors (Lipinski definition) is 1. The van der Waals surface area contributed by atoms with Crippen LogP contribution < -0.4 is 9.30 Å². The first-order valence-corrected chi connectivity index (χ1v) is 7.08. The van der Waals surface area contributed by atoms with Gasteiger partial charge in [-0.1, -0.05) is 42.5 Å². The summed E-state index contributed by atoms with van der Waals surface area (Å²) in [6, 6.07) is 16.3. The van der Waals surface area contributed by atoms with Gasteiger partial charge in [-0.2, -0.15) is 0 Å². The van der Waals surface area contributed by atoms with Crippen molar-refractivity contribution in [1.82, 2.24) is 4.98 Å². The number of allylic oxidation sites excluding steroid dienone is 1. The molecule has 0 atom stereocenters. The number of ether oxygens (including phenoxy) is 1. The van der Waals surface area contributed by atoms with Crippen LogP contribution in [-0.2, 0) is 13.2 Å². The molecule has 3 aromatic rings. The van der Waals surface area contributed by atoms with Gasteiger partial charge in [0.15, 0.2) is 17.6 Å². The Hall–Kier alpha value is -2.55. The zero-order valence-corrected chi connectivity index (χ0v) is 12.2. The Kier molecular flexibility index (Phi) is 3.73. The fourth-order valence-electron chi connectivity index (χ4n) is 2.42. The van der Waals surface area contributed by atoms with Crippen molar-refractivity contribution in [3.63, 3.8) is 0 Å². The maximum atomic E-state index is 5.88. The molecule has 21 heavy (non-hydrogen) atoms. The number of benzene rings is 2. The molecule has 0 spiro atoms. The summed E-state index contributed by atoms with van der Waals surface area (Å²) in [4.78, 5) is 3.42. The number of H-pyrrole nitrogens is 1. The molecule has 1 heterocycles. The summed E-state index contributed by atoms with van der Waals surface area (Å²) in [6.07, 6.45) is 1.90. The second kappa shape index (κ2) is 5.83. The van der Waals surface area contributed by atoms with E-state index in [1.54, 1.807) is 0 Å². The highest BCUT2D eigenvalue weighted by Gasteiger charge is 2.17. The highest BCUT2D eigenvalue weighted by molar-refractivity contribution is 5.71. The van der Waals surface area contributed by atoms with Gasteiger partial charge in [0.2, 0.25) is 0 Å². The van der Waals surface area contributed by atoms with E-state index in [1.807, 2.05) is 30.3 Å². The molecule has 0 unspecified atom stereocenters. The summed E-state index contributed by atoms with van der Waals surface area (Å²) >= 11 is 0. The fraction of sp³-hybridized carbons (Fsp3) is 0.167. The number of aromatic nitrogens is 2. The number of nitrogens with one attached hydrogen (secondary N) is 1. The molecule has 3 nitrogen and oxygen atoms in total. The minimum atomic E-state index is 0.506. The lowest BCUT2D eigenvalue weighted by molar-refractivity contribution is -0.670. The number of fused-ring (bicyclic) bond motifs is 1. The second-order valence-corrected chi connectivity index (χ2v) is 5.09. The Morgan fingerprint density at radius 3 is 2.67 bits per heavy atom. The number of para-hydroxylation sites is 2. The van der Waals surface area contributed by atoms with Crippen molar-refractivity contribution in [2.75, 3.05) is 0 Å². The van der Waals surface area contributed by atoms with Crippen molar-refractivity contribution in [1.29, 1.82) is 0 Å². The number of aryl methyl sites for hydroxylation is 1. The minimum absolute atomic E-state index is 0.506. The van der Waals surface area contributed by atoms with Gasteiger partial charge in [-0.05, 0) is 31.2 Å². The molecule has 106 valence electrons. The summed E-state index contributed by atoms with van der Waals surface area (Å²) in [5, 5.41) is 0. The molecular weight excluding hydrogens is 260 g/mol. The quantitative estimate of drug-likeness (QED) is 0.562. The number of aromatic amines is 1. The molecule has 3 rings (SSSR count). The van der Waals surface area contributed by atoms with E-state index in [0.717, 1.165) is 23.6 Å². The summed E-state index contributed by atoms with van der Waals surface area (Å²) < 4.78 is 8.07. The van der Waals surface area contributed by atoms with Gasteiger partial charge in [0.1, 0.15) is 12.3 Å². The summed E-state index contributed by atoms with van der Waals surface area (Å²) in [5.74, 6) is 1.92. The largest absolute Gasteiger partial charge is 0.481 e. The van der Waals surface area contributed by atoms with Crippen LogP contribution in [0.1, 0.15) is 11.4 Å². The Morgan fingerprint density at radius 1 is 1.14 bits per heavy atom. The number of imidazole rings is 1. The van der Waals surface area contributed by atoms with Gasteiger partial charge in [0.05, 0.1) is 0 Å². The highest BCUT2D eigenvalue weighted by Crippen LogP contribution is 2.14. The second-order valence-electron chi connectivity index (χ2n) is 5.09. The normalized spacial score (nSPS) is 10.7. The van der Waals surface area contributed by atoms with E-state index < -0.39 is 0 Å². The number of rotatable bonds is 5. The van der Waals surface area contributed by atoms with Crippen LogP contribution in [0.4, 0.5) is 0 Å². The van der Waals surface area contributed by atoms with Crippen molar-refractivity contribution >= 4 is 11.0 Å². The van der Waals surface area contributed by atoms with Crippen LogP contribution in [0.25, 0.3) is 11.0 Å². The molecule has 3 heteroatoms. The average molecular weight is 279 g/mol. The zero-order valence-electron chi connectivity index (χ0n) is 12.2. The van der Waals surface area contributed by atoms with Crippen molar-refractivity contribution in [2.24, 2.45) is 0 Å². The predicted octanol–water partition coefficient (Wildman–Crippen LogP) is 3.53. The molecule has 2 aromatic carbocycles. The maximum absolute atomic E-state index is 5.88. The third-order valence-corrected chi connectivity index (χ3v) is 3.51. The Morgan fingerprint density at radius 2 is 1.90 bits per heavy atom. The summed E-state index contributed by atoms with van der Waals surface area (Å²) in [6.45, 7) is 7.17. The molecular formula is C18H19N2O+. The maximum Gasteiger partial charge on any atom is 0.294 e. The van der Waals surface area contributed by atoms with Crippen LogP contribution in [0, 0.1) is 6.92 Å². The smallest absolute Gasteiger partial charge is 0.294 e. The molecule has 1 N–H and O–H groups in total. The van der Waals surface area contributed by atoms with E-state index in [0.29, 0.717) is 6.61 Å². The molecule has 0 aliphatic carbocycles. The van der Waals surface area contributed by atoms with Crippen molar-refractivity contribution in [2.45, 2.75) is 20.1 Å². The van der Waals surface area contributed by atoms with Crippen molar-refractivity contribution in [3.05, 3.63) is 72.6 Å². The topological polar surface area (TPSA) is 28.9 Å². The predicted molar refractivity (Wildman–Crippen MR) is 84.2 cm³/mol. The molecule has 0 radical (unpaired) electrons. The van der Waals surface area contributed by atoms with Crippen LogP contribution in [0.15, 0.2) is 61.2 Å². The summed E-state index contributed by atoms with van der Waals surface area (Å²) in [7, 11) is 0. The van der Waals surface area contributed by atoms with Gasteiger partial charge in [0, 0.05) is 0 Å². The van der Waals surface area contributed by atoms with Gasteiger partial charge < -0.3 is 4.74 Å². The van der Waals surface area contributed by atoms with Crippen LogP contribution in [0.3, 0.4) is 0 Å². The molecule has 0 saturated carbocycles. The minimum Gasteiger partial charge on any atom is -0.481 e. The third kappa shape index (κ3) is 2.82. The molecule has 0 fully saturated rings. The van der Waals surface area contributed by atoms with E-state index in [1.165, 1.54) is 11.1 Å². The van der Waals surface area contributed by atoms with E-state index in [-0.39, 0.29) is 0 Å². The van der Waals surface area contributed by atoms with Crippen LogP contribution >= 0.6 is 0 Å². The van der Waals surface area contributed by atoms with Gasteiger partial charge in [-0.25, -0.2) is 9.55 Å². The molecule has 0 aliphatic rings. The zero-order chi connectivity index (χ0) is 14.7. The van der Waals surface area contributed by atoms with E-state index in [4.69, 9.17) is 4.74 Å². The first kappa shape index (κ1) is 13.4. The van der Waals surface area contributed by atoms with Crippen LogP contribution in [0.2, 0.25) is 0 Å². The lowest BCUT2D eigenvalue weighted by Crippen LogP contribution is -2.36. The van der Waals surface area contributed by atoms with Gasteiger partial charge in [0.25, 0.3) is 5.82 Å². The van der Waals surface area contributed by atoms with Crippen LogP contribution in [-0.4, -0.2) is 4.98 Å². The SMILES string of the molecule is C=CC[n+]1c(COc2ccc(C)cc2)[nH]c2ccccc21. The summed E-state index contributed by atoms with van der Waals surface area (Å²) in [5.41, 5.74) is 3.51. The Labute approximate surface area is 124 Å². The average Bonchev–Trinajstić information content (AvgIpc) is 2.85. The van der Waals surface area contributed by atoms with E-state index >= 15 is 0 Å². The van der Waals surface area contributed by atoms with Gasteiger partial charge >= 0.3 is 0 Å². The highest BCUT2D eigenvalue weighted by atomic mass is 16.5. The number of nitrogens with zero attached hydrogens (tertiary/aromatic N) is 1. The molecule has 1 aromatic heterocycles. The molecule has 0 aliphatic heterocycles. The number of hydrogen-bond donors (Lipinski definition) is 1. The molecule has 0 bridgehead atoms. The molecule has 0 saturated heterocycles. The monoisotopic (exact) mass is 279 g/mol. The lowest BCUT2D eigenvalue weighted by Gasteiger charge is -2.04. The van der Waals surface area contributed by atoms with Gasteiger partial charge in [-0.15, -0.1) is 0 Å². The lowest BCUT2D eigenvalue weighted by atomic mass is 10.2. The van der Waals surface area contributed by atoms with Crippen LogP contribution in [0.5, 0.6) is 5.75 Å². The fourth-order valence-corrected chi connectivity index (χ4v) is 2.42. The Bertz CT molecular complexity index is 756. The van der Waals surface area contributed by atoms with Crippen molar-refractivity contribution < 1.29 is 9.30 Å². The van der Waals surface area contributed by atoms with Gasteiger partial charge in [-0.3, -0.25) is 0 Å². The Balaban J connectivity index is 1.87.